The number of carbonyl (C=O) groups excluding carboxylic acids is 2. The molecule has 0 saturated carbocycles. The molecule has 0 aliphatic carbocycles. The van der Waals surface area contributed by atoms with Crippen LogP contribution in [0, 0.1) is 5.92 Å². The number of nitrogens with one attached hydrogen (secondary N) is 2. The lowest BCUT2D eigenvalue weighted by Gasteiger charge is -2.26. The molecule has 2 aromatic rings. The summed E-state index contributed by atoms with van der Waals surface area (Å²) >= 11 is 0. The Kier molecular flexibility index (Phi) is 7.43. The van der Waals surface area contributed by atoms with Crippen LogP contribution in [0.1, 0.15) is 24.5 Å². The van der Waals surface area contributed by atoms with Crippen molar-refractivity contribution in [2.24, 2.45) is 5.92 Å². The Hall–Kier alpha value is -2.90. The molecule has 0 radical (unpaired) electrons. The Morgan fingerprint density at radius 3 is 2.43 bits per heavy atom. The molecule has 1 aliphatic rings. The number of benzene rings is 2. The highest BCUT2D eigenvalue weighted by molar-refractivity contribution is 5.96. The lowest BCUT2D eigenvalue weighted by molar-refractivity contribution is -0.117. The largest absolute Gasteiger partial charge is 0.388 e. The molecule has 160 valence electrons. The quantitative estimate of drug-likeness (QED) is 0.625. The smallest absolute Gasteiger partial charge is 0.319 e. The summed E-state index contributed by atoms with van der Waals surface area (Å²) in [6.07, 6.45) is 0.793. The van der Waals surface area contributed by atoms with E-state index in [1.54, 1.807) is 17.0 Å². The van der Waals surface area contributed by atoms with Gasteiger partial charge in [-0.3, -0.25) is 4.79 Å². The van der Waals surface area contributed by atoms with E-state index in [9.17, 15) is 14.7 Å². The van der Waals surface area contributed by atoms with E-state index in [4.69, 9.17) is 0 Å². The molecule has 1 saturated heterocycles. The molecule has 3 N–H and O–H groups in total. The minimum Gasteiger partial charge on any atom is -0.388 e. The fourth-order valence-electron chi connectivity index (χ4n) is 3.71. The van der Waals surface area contributed by atoms with Gasteiger partial charge in [-0.15, -0.1) is 0 Å². The first kappa shape index (κ1) is 21.8. The van der Waals surface area contributed by atoms with Crippen LogP contribution in [0.4, 0.5) is 16.2 Å². The fourth-order valence-corrected chi connectivity index (χ4v) is 3.71. The number of hydrogen-bond donors (Lipinski definition) is 3. The predicted molar refractivity (Wildman–Crippen MR) is 118 cm³/mol. The Labute approximate surface area is 177 Å². The summed E-state index contributed by atoms with van der Waals surface area (Å²) in [5, 5.41) is 16.4. The van der Waals surface area contributed by atoms with Gasteiger partial charge in [-0.05, 0) is 50.3 Å². The number of anilines is 2. The topological polar surface area (TPSA) is 84.9 Å². The third kappa shape index (κ3) is 5.81. The molecule has 3 rings (SSSR count). The highest BCUT2D eigenvalue weighted by Gasteiger charge is 2.23. The highest BCUT2D eigenvalue weighted by Crippen LogP contribution is 2.24. The van der Waals surface area contributed by atoms with E-state index in [1.807, 2.05) is 61.5 Å². The van der Waals surface area contributed by atoms with Gasteiger partial charge in [0.05, 0.1) is 6.10 Å². The van der Waals surface area contributed by atoms with E-state index in [-0.39, 0.29) is 17.9 Å². The van der Waals surface area contributed by atoms with Gasteiger partial charge in [0.1, 0.15) is 0 Å². The van der Waals surface area contributed by atoms with Crippen LogP contribution in [-0.4, -0.2) is 55.7 Å². The molecular weight excluding hydrogens is 380 g/mol. The van der Waals surface area contributed by atoms with Crippen LogP contribution in [-0.2, 0) is 4.79 Å². The van der Waals surface area contributed by atoms with E-state index in [0.717, 1.165) is 24.2 Å². The third-order valence-electron chi connectivity index (χ3n) is 5.22. The second-order valence-electron chi connectivity index (χ2n) is 7.91. The van der Waals surface area contributed by atoms with E-state index in [0.29, 0.717) is 25.2 Å². The number of nitrogens with zero attached hydrogens (tertiary/aromatic N) is 2. The number of hydrogen-bond acceptors (Lipinski definition) is 4. The van der Waals surface area contributed by atoms with Crippen molar-refractivity contribution < 1.29 is 14.7 Å². The molecule has 1 fully saturated rings. The molecule has 2 atom stereocenters. The number of amides is 3. The van der Waals surface area contributed by atoms with Gasteiger partial charge in [-0.25, -0.2) is 4.79 Å². The van der Waals surface area contributed by atoms with Gasteiger partial charge in [0.2, 0.25) is 5.91 Å². The molecular formula is C23H30N4O3. The van der Waals surface area contributed by atoms with Gasteiger partial charge in [0.15, 0.2) is 0 Å². The van der Waals surface area contributed by atoms with Crippen LogP contribution in [0.5, 0.6) is 0 Å². The van der Waals surface area contributed by atoms with Crippen molar-refractivity contribution in [2.45, 2.75) is 18.9 Å². The normalized spacial score (nSPS) is 15.9. The fraction of sp³-hybridized carbons (Fsp3) is 0.391. The molecule has 2 aromatic carbocycles. The number of aliphatic hydroxyl groups excluding tert-OH is 1. The minimum absolute atomic E-state index is 0.136. The van der Waals surface area contributed by atoms with Gasteiger partial charge in [-0.2, -0.15) is 0 Å². The molecule has 0 spiro atoms. The zero-order valence-electron chi connectivity index (χ0n) is 17.5. The average Bonchev–Trinajstić information content (AvgIpc) is 3.17. The Morgan fingerprint density at radius 2 is 1.83 bits per heavy atom. The van der Waals surface area contributed by atoms with Crippen LogP contribution in [0.15, 0.2) is 54.6 Å². The van der Waals surface area contributed by atoms with Gasteiger partial charge in [0.25, 0.3) is 0 Å². The SMILES string of the molecule is CN(C)C[C@@H](CNC(=O)Nc1ccc(N2CCCC2=O)cc1)[C@@H](O)c1ccccc1. The van der Waals surface area contributed by atoms with Crippen LogP contribution in [0.2, 0.25) is 0 Å². The minimum atomic E-state index is -0.675. The van der Waals surface area contributed by atoms with Crippen molar-refractivity contribution in [3.05, 3.63) is 60.2 Å². The lowest BCUT2D eigenvalue weighted by Crippen LogP contribution is -2.39. The maximum absolute atomic E-state index is 12.4. The van der Waals surface area contributed by atoms with Crippen LogP contribution in [0.25, 0.3) is 0 Å². The van der Waals surface area contributed by atoms with Crippen molar-refractivity contribution in [3.63, 3.8) is 0 Å². The standard InChI is InChI=1S/C23H30N4O3/c1-26(2)16-18(22(29)17-7-4-3-5-8-17)15-24-23(30)25-19-10-12-20(13-11-19)27-14-6-9-21(27)28/h3-5,7-8,10-13,18,22,29H,6,9,14-16H2,1-2H3,(H2,24,25,30)/t18-,22+/m1/s1. The van der Waals surface area contributed by atoms with E-state index >= 15 is 0 Å². The van der Waals surface area contributed by atoms with Crippen molar-refractivity contribution in [2.75, 3.05) is 43.9 Å². The van der Waals surface area contributed by atoms with Gasteiger partial charge >= 0.3 is 6.03 Å². The van der Waals surface area contributed by atoms with E-state index in [2.05, 4.69) is 10.6 Å². The molecule has 30 heavy (non-hydrogen) atoms. The first-order valence-electron chi connectivity index (χ1n) is 10.3. The van der Waals surface area contributed by atoms with Crippen LogP contribution >= 0.6 is 0 Å². The third-order valence-corrected chi connectivity index (χ3v) is 5.22. The summed E-state index contributed by atoms with van der Waals surface area (Å²) < 4.78 is 0. The predicted octanol–water partition coefficient (Wildman–Crippen LogP) is 2.85. The average molecular weight is 411 g/mol. The second-order valence-corrected chi connectivity index (χ2v) is 7.91. The summed E-state index contributed by atoms with van der Waals surface area (Å²) in [7, 11) is 3.88. The molecule has 3 amide bonds. The second kappa shape index (κ2) is 10.2. The van der Waals surface area contributed by atoms with E-state index < -0.39 is 6.10 Å². The van der Waals surface area contributed by atoms with Gasteiger partial charge in [0, 0.05) is 43.3 Å². The maximum Gasteiger partial charge on any atom is 0.319 e. The molecule has 1 heterocycles. The molecule has 0 aromatic heterocycles. The number of aliphatic hydroxyl groups is 1. The van der Waals surface area contributed by atoms with Gasteiger partial charge < -0.3 is 25.5 Å². The Bertz CT molecular complexity index is 839. The Morgan fingerprint density at radius 1 is 1.13 bits per heavy atom. The molecule has 7 nitrogen and oxygen atoms in total. The summed E-state index contributed by atoms with van der Waals surface area (Å²) in [4.78, 5) is 28.0. The number of carbonyl (C=O) groups is 2. The van der Waals surface area contributed by atoms with Crippen molar-refractivity contribution in [1.29, 1.82) is 0 Å². The van der Waals surface area contributed by atoms with Crippen LogP contribution in [0.3, 0.4) is 0 Å². The summed E-state index contributed by atoms with van der Waals surface area (Å²) in [5.41, 5.74) is 2.33. The zero-order chi connectivity index (χ0) is 21.5. The maximum atomic E-state index is 12.4. The molecule has 1 aliphatic heterocycles. The number of rotatable bonds is 8. The first-order valence-corrected chi connectivity index (χ1v) is 10.3. The molecule has 0 bridgehead atoms. The summed E-state index contributed by atoms with van der Waals surface area (Å²) in [6.45, 7) is 1.71. The summed E-state index contributed by atoms with van der Waals surface area (Å²) in [6, 6.07) is 16.4. The number of urea groups is 1. The van der Waals surface area contributed by atoms with Crippen molar-refractivity contribution >= 4 is 23.3 Å². The lowest BCUT2D eigenvalue weighted by atomic mass is 9.95. The van der Waals surface area contributed by atoms with E-state index in [1.165, 1.54) is 0 Å². The highest BCUT2D eigenvalue weighted by atomic mass is 16.3. The van der Waals surface area contributed by atoms with Crippen molar-refractivity contribution in [1.82, 2.24) is 10.2 Å². The summed E-state index contributed by atoms with van der Waals surface area (Å²) in [5.74, 6) is -0.0194. The van der Waals surface area contributed by atoms with Gasteiger partial charge in [-0.1, -0.05) is 30.3 Å². The monoisotopic (exact) mass is 410 g/mol. The first-order chi connectivity index (χ1) is 14.4. The molecule has 7 heteroatoms. The zero-order valence-corrected chi connectivity index (χ0v) is 17.5. The van der Waals surface area contributed by atoms with Crippen molar-refractivity contribution in [3.8, 4) is 0 Å². The molecule has 0 unspecified atom stereocenters. The van der Waals surface area contributed by atoms with Crippen LogP contribution < -0.4 is 15.5 Å². The Balaban J connectivity index is 1.55.